The molecule has 1 fully saturated rings. The Hall–Kier alpha value is -2.18. The number of carbonyl (C=O) groups is 1. The third-order valence-electron chi connectivity index (χ3n) is 2.65. The van der Waals surface area contributed by atoms with Gasteiger partial charge in [0.05, 0.1) is 11.8 Å². The monoisotopic (exact) mass is 232 g/mol. The number of aryl methyl sites for hydroxylation is 1. The van der Waals surface area contributed by atoms with Crippen molar-refractivity contribution >= 4 is 11.9 Å². The molecule has 1 aliphatic rings. The second-order valence-electron chi connectivity index (χ2n) is 4.17. The molecule has 2 N–H and O–H groups in total. The van der Waals surface area contributed by atoms with Gasteiger partial charge >= 0.3 is 0 Å². The molecule has 1 amide bonds. The van der Waals surface area contributed by atoms with Crippen LogP contribution >= 0.6 is 0 Å². The Labute approximate surface area is 97.2 Å². The lowest BCUT2D eigenvalue weighted by Gasteiger charge is -1.95. The normalized spacial score (nSPS) is 14.9. The van der Waals surface area contributed by atoms with Crippen LogP contribution in [0.1, 0.15) is 12.8 Å². The van der Waals surface area contributed by atoms with Gasteiger partial charge in [-0.2, -0.15) is 10.1 Å². The molecule has 0 atom stereocenters. The highest BCUT2D eigenvalue weighted by Crippen LogP contribution is 2.29. The van der Waals surface area contributed by atoms with Gasteiger partial charge in [-0.05, 0) is 12.8 Å². The van der Waals surface area contributed by atoms with Crippen molar-refractivity contribution in [1.29, 1.82) is 0 Å². The lowest BCUT2D eigenvalue weighted by molar-refractivity contribution is -0.117. The summed E-state index contributed by atoms with van der Waals surface area (Å²) in [4.78, 5) is 15.7. The van der Waals surface area contributed by atoms with E-state index in [4.69, 9.17) is 0 Å². The van der Waals surface area contributed by atoms with E-state index in [-0.39, 0.29) is 11.8 Å². The molecule has 17 heavy (non-hydrogen) atoms. The highest BCUT2D eigenvalue weighted by Gasteiger charge is 2.30. The van der Waals surface area contributed by atoms with E-state index >= 15 is 0 Å². The largest absolute Gasteiger partial charge is 0.293 e. The smallest absolute Gasteiger partial charge is 0.249 e. The zero-order chi connectivity index (χ0) is 11.8. The Morgan fingerprint density at radius 2 is 2.41 bits per heavy atom. The van der Waals surface area contributed by atoms with Gasteiger partial charge in [-0.25, -0.2) is 0 Å². The lowest BCUT2D eigenvalue weighted by Crippen LogP contribution is -2.14. The van der Waals surface area contributed by atoms with E-state index in [1.54, 1.807) is 10.9 Å². The van der Waals surface area contributed by atoms with Crippen LogP contribution in [0.4, 0.5) is 5.95 Å². The molecule has 0 aliphatic heterocycles. The third-order valence-corrected chi connectivity index (χ3v) is 2.65. The lowest BCUT2D eigenvalue weighted by atomic mass is 10.3. The Morgan fingerprint density at radius 1 is 1.59 bits per heavy atom. The van der Waals surface area contributed by atoms with Crippen LogP contribution < -0.4 is 5.32 Å². The summed E-state index contributed by atoms with van der Waals surface area (Å²) >= 11 is 0. The standard InChI is InChI=1S/C10H12N6O/c1-16-5-7(4-11-16)8-12-10(15-14-8)13-9(17)6-2-3-6/h4-6H,2-3H2,1H3,(H2,12,13,14,15,17). The van der Waals surface area contributed by atoms with Gasteiger partial charge in [-0.1, -0.05) is 0 Å². The predicted octanol–water partition coefficient (Wildman–Crippen LogP) is 0.554. The van der Waals surface area contributed by atoms with E-state index in [1.165, 1.54) is 0 Å². The first kappa shape index (κ1) is 10.0. The molecule has 0 spiro atoms. The molecule has 2 heterocycles. The summed E-state index contributed by atoms with van der Waals surface area (Å²) in [6, 6.07) is 0. The van der Waals surface area contributed by atoms with Crippen molar-refractivity contribution in [2.75, 3.05) is 5.32 Å². The molecule has 2 aromatic rings. The summed E-state index contributed by atoms with van der Waals surface area (Å²) in [5.74, 6) is 1.07. The average molecular weight is 232 g/mol. The van der Waals surface area contributed by atoms with Crippen molar-refractivity contribution in [3.8, 4) is 11.4 Å². The topological polar surface area (TPSA) is 88.5 Å². The summed E-state index contributed by atoms with van der Waals surface area (Å²) in [5, 5.41) is 13.4. The molecule has 2 aromatic heterocycles. The van der Waals surface area contributed by atoms with Crippen LogP contribution in [0.3, 0.4) is 0 Å². The molecular formula is C10H12N6O. The van der Waals surface area contributed by atoms with Gasteiger partial charge in [0.15, 0.2) is 5.82 Å². The second kappa shape index (κ2) is 3.69. The predicted molar refractivity (Wildman–Crippen MR) is 59.9 cm³/mol. The van der Waals surface area contributed by atoms with Crippen molar-refractivity contribution in [2.45, 2.75) is 12.8 Å². The first-order valence-corrected chi connectivity index (χ1v) is 5.44. The van der Waals surface area contributed by atoms with Crippen molar-refractivity contribution in [3.05, 3.63) is 12.4 Å². The molecule has 0 radical (unpaired) electrons. The van der Waals surface area contributed by atoms with Gasteiger partial charge in [0.2, 0.25) is 11.9 Å². The maximum atomic E-state index is 11.5. The molecule has 3 rings (SSSR count). The third kappa shape index (κ3) is 2.03. The molecule has 88 valence electrons. The number of hydrogen-bond acceptors (Lipinski definition) is 4. The number of carbonyl (C=O) groups excluding carboxylic acids is 1. The molecule has 0 unspecified atom stereocenters. The molecule has 0 saturated heterocycles. The van der Waals surface area contributed by atoms with E-state index < -0.39 is 0 Å². The number of aromatic amines is 1. The maximum Gasteiger partial charge on any atom is 0.249 e. The summed E-state index contributed by atoms with van der Waals surface area (Å²) in [5.41, 5.74) is 0.840. The molecule has 1 aliphatic carbocycles. The zero-order valence-electron chi connectivity index (χ0n) is 9.34. The van der Waals surface area contributed by atoms with Gasteiger partial charge in [0, 0.05) is 19.2 Å². The van der Waals surface area contributed by atoms with Crippen LogP contribution in [-0.2, 0) is 11.8 Å². The molecule has 0 bridgehead atoms. The zero-order valence-corrected chi connectivity index (χ0v) is 9.34. The Morgan fingerprint density at radius 3 is 3.06 bits per heavy atom. The van der Waals surface area contributed by atoms with Crippen LogP contribution in [0.2, 0.25) is 0 Å². The van der Waals surface area contributed by atoms with Crippen molar-refractivity contribution in [1.82, 2.24) is 25.0 Å². The molecule has 0 aromatic carbocycles. The fourth-order valence-electron chi connectivity index (χ4n) is 1.55. The maximum absolute atomic E-state index is 11.5. The van der Waals surface area contributed by atoms with Crippen LogP contribution in [-0.4, -0.2) is 30.9 Å². The quantitative estimate of drug-likeness (QED) is 0.809. The van der Waals surface area contributed by atoms with Gasteiger partial charge in [-0.3, -0.25) is 19.9 Å². The SMILES string of the molecule is Cn1cc(-c2nc(NC(=O)C3CC3)n[nH]2)cn1. The van der Waals surface area contributed by atoms with Crippen LogP contribution in [0.15, 0.2) is 12.4 Å². The highest BCUT2D eigenvalue weighted by atomic mass is 16.2. The van der Waals surface area contributed by atoms with Gasteiger partial charge in [-0.15, -0.1) is 5.10 Å². The summed E-state index contributed by atoms with van der Waals surface area (Å²) in [6.07, 6.45) is 5.44. The van der Waals surface area contributed by atoms with Gasteiger partial charge < -0.3 is 0 Å². The van der Waals surface area contributed by atoms with Gasteiger partial charge in [0.25, 0.3) is 0 Å². The van der Waals surface area contributed by atoms with Crippen molar-refractivity contribution in [3.63, 3.8) is 0 Å². The van der Waals surface area contributed by atoms with Gasteiger partial charge in [0.1, 0.15) is 0 Å². The van der Waals surface area contributed by atoms with Crippen LogP contribution in [0, 0.1) is 5.92 Å². The molecule has 1 saturated carbocycles. The number of amides is 1. The number of aromatic nitrogens is 5. The highest BCUT2D eigenvalue weighted by molar-refractivity contribution is 5.92. The Bertz CT molecular complexity index is 553. The summed E-state index contributed by atoms with van der Waals surface area (Å²) in [6.45, 7) is 0. The minimum atomic E-state index is 0.00161. The van der Waals surface area contributed by atoms with Crippen LogP contribution in [0.5, 0.6) is 0 Å². The first-order valence-electron chi connectivity index (χ1n) is 5.44. The minimum Gasteiger partial charge on any atom is -0.293 e. The van der Waals surface area contributed by atoms with E-state index in [1.807, 2.05) is 13.2 Å². The fourth-order valence-corrected chi connectivity index (χ4v) is 1.55. The number of anilines is 1. The Kier molecular flexibility index (Phi) is 2.17. The molecule has 7 nitrogen and oxygen atoms in total. The average Bonchev–Trinajstić information content (AvgIpc) is 2.92. The number of rotatable bonds is 3. The number of H-pyrrole nitrogens is 1. The van der Waals surface area contributed by atoms with E-state index in [2.05, 4.69) is 25.6 Å². The number of hydrogen-bond donors (Lipinski definition) is 2. The second-order valence-corrected chi connectivity index (χ2v) is 4.17. The number of nitrogens with one attached hydrogen (secondary N) is 2. The van der Waals surface area contributed by atoms with E-state index in [0.29, 0.717) is 11.8 Å². The van der Waals surface area contributed by atoms with E-state index in [0.717, 1.165) is 18.4 Å². The minimum absolute atomic E-state index is 0.00161. The summed E-state index contributed by atoms with van der Waals surface area (Å²) < 4.78 is 1.68. The molecule has 7 heteroatoms. The van der Waals surface area contributed by atoms with Crippen molar-refractivity contribution in [2.24, 2.45) is 13.0 Å². The number of nitrogens with zero attached hydrogens (tertiary/aromatic N) is 4. The first-order chi connectivity index (χ1) is 8.22. The van der Waals surface area contributed by atoms with E-state index in [9.17, 15) is 4.79 Å². The molecular weight excluding hydrogens is 220 g/mol. The fraction of sp³-hybridized carbons (Fsp3) is 0.400. The summed E-state index contributed by atoms with van der Waals surface area (Å²) in [7, 11) is 1.83. The van der Waals surface area contributed by atoms with Crippen LogP contribution in [0.25, 0.3) is 11.4 Å². The Balaban J connectivity index is 1.75. The van der Waals surface area contributed by atoms with Crippen molar-refractivity contribution < 1.29 is 4.79 Å².